The van der Waals surface area contributed by atoms with Gasteiger partial charge in [-0.2, -0.15) is 25.3 Å². The molecule has 6 N–H and O–H groups in total. The summed E-state index contributed by atoms with van der Waals surface area (Å²) in [5.41, 5.74) is -1.85. The fraction of sp³-hybridized carbons (Fsp3) is 0.818. The van der Waals surface area contributed by atoms with Gasteiger partial charge in [0.2, 0.25) is 23.6 Å². The van der Waals surface area contributed by atoms with E-state index in [-0.39, 0.29) is 51.0 Å². The van der Waals surface area contributed by atoms with E-state index in [1.54, 1.807) is 27.7 Å². The van der Waals surface area contributed by atoms with Gasteiger partial charge < -0.3 is 39.8 Å². The van der Waals surface area contributed by atoms with Gasteiger partial charge in [-0.15, -0.1) is 0 Å². The summed E-state index contributed by atoms with van der Waals surface area (Å²) in [6.07, 6.45) is -2.55. The quantitative estimate of drug-likeness (QED) is 0.0382. The molecule has 0 spiro atoms. The summed E-state index contributed by atoms with van der Waals surface area (Å²) in [7, 11) is 0. The molecule has 2 atom stereocenters. The van der Waals surface area contributed by atoms with E-state index >= 15 is 0 Å². The number of thiol groups is 2. The monoisotopic (exact) mass is 618 g/mol. The number of hydrogen-bond donors (Lipinski definition) is 8. The predicted molar refractivity (Wildman–Crippen MR) is 156 cm³/mol. The Balaban J connectivity index is 4.24. The highest BCUT2D eigenvalue weighted by atomic mass is 33.1. The van der Waals surface area contributed by atoms with Crippen molar-refractivity contribution in [1.82, 2.24) is 21.3 Å². The first kappa shape index (κ1) is 37.1. The maximum absolute atomic E-state index is 12.2. The van der Waals surface area contributed by atoms with Gasteiger partial charge in [-0.05, 0) is 0 Å². The second-order valence-corrected chi connectivity index (χ2v) is 12.1. The molecule has 0 aromatic heterocycles. The number of rotatable bonds is 21. The minimum atomic E-state index is -1.36. The van der Waals surface area contributed by atoms with Crippen LogP contribution < -0.4 is 21.3 Å². The second kappa shape index (κ2) is 20.1. The molecule has 4 amide bonds. The first-order valence-corrected chi connectivity index (χ1v) is 15.3. The van der Waals surface area contributed by atoms with Gasteiger partial charge in [0.05, 0.1) is 35.4 Å². The van der Waals surface area contributed by atoms with Crippen LogP contribution in [0, 0.1) is 10.8 Å². The maximum Gasteiger partial charge on any atom is 0.249 e. The van der Waals surface area contributed by atoms with Crippen LogP contribution in [0.2, 0.25) is 0 Å². The van der Waals surface area contributed by atoms with Crippen LogP contribution in [-0.4, -0.2) is 96.9 Å². The van der Waals surface area contributed by atoms with Crippen molar-refractivity contribution < 1.29 is 37.8 Å². The molecule has 0 aliphatic rings. The first-order valence-electron chi connectivity index (χ1n) is 12.0. The molecule has 222 valence electrons. The summed E-state index contributed by atoms with van der Waals surface area (Å²) in [5, 5.41) is 31.1. The smallest absolute Gasteiger partial charge is 0.249 e. The van der Waals surface area contributed by atoms with E-state index in [4.69, 9.17) is 8.37 Å². The number of nitrogens with one attached hydrogen (secondary N) is 4. The summed E-state index contributed by atoms with van der Waals surface area (Å²) < 4.78 is 10.9. The lowest BCUT2D eigenvalue weighted by Crippen LogP contribution is -2.46. The van der Waals surface area contributed by atoms with Crippen molar-refractivity contribution in [3.8, 4) is 0 Å². The van der Waals surface area contributed by atoms with E-state index in [9.17, 15) is 29.4 Å². The summed E-state index contributed by atoms with van der Waals surface area (Å²) in [6, 6.07) is 0. The van der Waals surface area contributed by atoms with E-state index in [1.165, 1.54) is 0 Å². The molecular weight excluding hydrogens is 577 g/mol. The summed E-state index contributed by atoms with van der Waals surface area (Å²) in [5.74, 6) is -0.619. The zero-order valence-corrected chi connectivity index (χ0v) is 25.7. The van der Waals surface area contributed by atoms with Crippen LogP contribution in [-0.2, 0) is 27.5 Å². The molecule has 0 aromatic carbocycles. The third-order valence-electron chi connectivity index (χ3n) is 5.13. The molecule has 0 saturated carbocycles. The van der Waals surface area contributed by atoms with Crippen LogP contribution >= 0.6 is 47.4 Å². The Morgan fingerprint density at radius 3 is 1.34 bits per heavy atom. The molecule has 0 fully saturated rings. The highest BCUT2D eigenvalue weighted by Crippen LogP contribution is 2.32. The van der Waals surface area contributed by atoms with Crippen LogP contribution in [0.4, 0.5) is 0 Å². The van der Waals surface area contributed by atoms with Gasteiger partial charge in [-0.25, -0.2) is 0 Å². The van der Waals surface area contributed by atoms with Crippen molar-refractivity contribution in [3.63, 3.8) is 0 Å². The van der Waals surface area contributed by atoms with Crippen molar-refractivity contribution in [3.05, 3.63) is 0 Å². The number of amides is 4. The van der Waals surface area contributed by atoms with Gasteiger partial charge in [0.1, 0.15) is 12.2 Å². The molecule has 16 heteroatoms. The Hall–Kier alpha value is -0.880. The molecule has 0 heterocycles. The molecule has 0 aliphatic carbocycles. The third kappa shape index (κ3) is 16.3. The molecule has 0 saturated heterocycles. The van der Waals surface area contributed by atoms with E-state index < -0.39 is 34.9 Å². The van der Waals surface area contributed by atoms with E-state index in [0.717, 1.165) is 22.1 Å². The SMILES string of the molecule is CC(C)(COSSOCC(C)(C)C(O)C(=O)NCCC(=O)NCCS)C(O)C(=O)NCCC(=O)NCCS. The van der Waals surface area contributed by atoms with Crippen molar-refractivity contribution in [2.24, 2.45) is 10.8 Å². The molecule has 12 nitrogen and oxygen atoms in total. The number of aliphatic hydroxyl groups excluding tert-OH is 2. The van der Waals surface area contributed by atoms with Gasteiger partial charge in [0.15, 0.2) is 0 Å². The molecule has 38 heavy (non-hydrogen) atoms. The van der Waals surface area contributed by atoms with Crippen molar-refractivity contribution in [1.29, 1.82) is 0 Å². The molecular formula is C22H42N4O8S4. The Bertz CT molecular complexity index is 686. The fourth-order valence-corrected chi connectivity index (χ4v) is 4.15. The lowest BCUT2D eigenvalue weighted by atomic mass is 9.87. The number of carbonyl (C=O) groups is 4. The second-order valence-electron chi connectivity index (χ2n) is 9.67. The molecule has 0 radical (unpaired) electrons. The molecule has 0 aliphatic heterocycles. The predicted octanol–water partition coefficient (Wildman–Crippen LogP) is 0.110. The van der Waals surface area contributed by atoms with Crippen LogP contribution in [0.3, 0.4) is 0 Å². The van der Waals surface area contributed by atoms with Gasteiger partial charge in [0.25, 0.3) is 0 Å². The Kier molecular flexibility index (Phi) is 19.6. The average molecular weight is 619 g/mol. The van der Waals surface area contributed by atoms with Gasteiger partial charge in [-0.3, -0.25) is 19.2 Å². The van der Waals surface area contributed by atoms with Gasteiger partial charge >= 0.3 is 0 Å². The van der Waals surface area contributed by atoms with E-state index in [0.29, 0.717) is 24.6 Å². The number of carbonyl (C=O) groups excluding carboxylic acids is 4. The van der Waals surface area contributed by atoms with Crippen molar-refractivity contribution in [2.75, 3.05) is 50.9 Å². The van der Waals surface area contributed by atoms with E-state index in [2.05, 4.69) is 46.5 Å². The van der Waals surface area contributed by atoms with Crippen LogP contribution in [0.5, 0.6) is 0 Å². The minimum Gasteiger partial charge on any atom is -0.383 e. The zero-order chi connectivity index (χ0) is 29.2. The van der Waals surface area contributed by atoms with Crippen LogP contribution in [0.1, 0.15) is 40.5 Å². The van der Waals surface area contributed by atoms with Crippen molar-refractivity contribution in [2.45, 2.75) is 52.7 Å². The Morgan fingerprint density at radius 1 is 0.684 bits per heavy atom. The molecule has 0 aromatic rings. The van der Waals surface area contributed by atoms with Crippen LogP contribution in [0.25, 0.3) is 0 Å². The third-order valence-corrected chi connectivity index (χ3v) is 6.81. The number of aliphatic hydroxyl groups is 2. The summed E-state index contributed by atoms with van der Waals surface area (Å²) in [4.78, 5) is 47.5. The standard InChI is InChI=1S/C22H42N4O8S4/c1-21(2,17(29)19(31)25-7-5-15(27)23-9-11-35)13-33-37-38-34-14-22(3,4)18(30)20(32)26-8-6-16(28)24-10-12-36/h17-18,29-30,35-36H,5-14H2,1-4H3,(H,23,27)(H,24,28)(H,25,31)(H,26,32). The van der Waals surface area contributed by atoms with Crippen molar-refractivity contribution >= 4 is 71.0 Å². The normalized spacial score (nSPS) is 13.4. The number of hydrogen-bond acceptors (Lipinski definition) is 12. The average Bonchev–Trinajstić information content (AvgIpc) is 2.86. The fourth-order valence-electron chi connectivity index (χ4n) is 2.62. The minimum absolute atomic E-state index is 0.0149. The molecule has 2 unspecified atom stereocenters. The highest BCUT2D eigenvalue weighted by Gasteiger charge is 2.35. The molecule has 0 bridgehead atoms. The largest absolute Gasteiger partial charge is 0.383 e. The van der Waals surface area contributed by atoms with Gasteiger partial charge in [-0.1, -0.05) is 27.7 Å². The first-order chi connectivity index (χ1) is 17.8. The Morgan fingerprint density at radius 2 is 1.03 bits per heavy atom. The lowest BCUT2D eigenvalue weighted by Gasteiger charge is -2.29. The van der Waals surface area contributed by atoms with Gasteiger partial charge in [0, 0.05) is 61.4 Å². The Labute approximate surface area is 243 Å². The summed E-state index contributed by atoms with van der Waals surface area (Å²) in [6.45, 7) is 7.72. The maximum atomic E-state index is 12.2. The van der Waals surface area contributed by atoms with E-state index in [1.807, 2.05) is 0 Å². The summed E-state index contributed by atoms with van der Waals surface area (Å²) >= 11 is 9.76. The highest BCUT2D eigenvalue weighted by molar-refractivity contribution is 8.73. The zero-order valence-electron chi connectivity index (χ0n) is 22.3. The topological polar surface area (TPSA) is 175 Å². The lowest BCUT2D eigenvalue weighted by molar-refractivity contribution is -0.137. The molecule has 0 rings (SSSR count). The van der Waals surface area contributed by atoms with Crippen LogP contribution in [0.15, 0.2) is 0 Å².